The van der Waals surface area contributed by atoms with Gasteiger partial charge in [-0.15, -0.1) is 0 Å². The van der Waals surface area contributed by atoms with E-state index in [4.69, 9.17) is 21.1 Å². The number of hydrogen-bond donors (Lipinski definition) is 1. The van der Waals surface area contributed by atoms with E-state index in [1.165, 1.54) is 30.3 Å². The van der Waals surface area contributed by atoms with Gasteiger partial charge in [-0.1, -0.05) is 17.7 Å². The molecule has 9 heteroatoms. The molecule has 1 fully saturated rings. The van der Waals surface area contributed by atoms with Crippen LogP contribution in [0.1, 0.15) is 11.5 Å². The average Bonchev–Trinajstić information content (AvgIpc) is 3.15. The number of ether oxygens (including phenoxy) is 2. The minimum absolute atomic E-state index is 0.0261. The first kappa shape index (κ1) is 17.6. The first-order valence-corrected chi connectivity index (χ1v) is 9.78. The van der Waals surface area contributed by atoms with Crippen LogP contribution in [0.2, 0.25) is 5.02 Å². The van der Waals surface area contributed by atoms with Crippen molar-refractivity contribution in [2.75, 3.05) is 6.79 Å². The summed E-state index contributed by atoms with van der Waals surface area (Å²) in [4.78, 5) is 11.8. The van der Waals surface area contributed by atoms with E-state index < -0.39 is 32.4 Å². The van der Waals surface area contributed by atoms with Crippen molar-refractivity contribution in [3.63, 3.8) is 0 Å². The van der Waals surface area contributed by atoms with Crippen molar-refractivity contribution in [3.05, 3.63) is 53.1 Å². The highest BCUT2D eigenvalue weighted by molar-refractivity contribution is 7.92. The third-order valence-electron chi connectivity index (χ3n) is 4.90. The number of nitrogens with zero attached hydrogens (tertiary/aromatic N) is 1. The number of carboxylic acids is 1. The second-order valence-corrected chi connectivity index (χ2v) is 8.80. The van der Waals surface area contributed by atoms with Crippen molar-refractivity contribution in [1.29, 1.82) is 5.26 Å². The number of halogens is 1. The average molecular weight is 406 g/mol. The molecule has 4 rings (SSSR count). The second kappa shape index (κ2) is 5.87. The zero-order valence-electron chi connectivity index (χ0n) is 13.6. The first-order valence-electron chi connectivity index (χ1n) is 7.86. The van der Waals surface area contributed by atoms with E-state index in [0.717, 1.165) is 0 Å². The molecule has 0 unspecified atom stereocenters. The lowest BCUT2D eigenvalue weighted by atomic mass is 10.0. The maximum atomic E-state index is 13.1. The number of carboxylic acid groups (broad SMARTS) is 1. The molecule has 1 aliphatic heterocycles. The number of sulfone groups is 1. The monoisotopic (exact) mass is 405 g/mol. The molecule has 1 saturated carbocycles. The number of rotatable bonds is 4. The van der Waals surface area contributed by atoms with Crippen LogP contribution in [-0.4, -0.2) is 31.5 Å². The number of aliphatic carboxylic acids is 1. The first-order chi connectivity index (χ1) is 12.8. The summed E-state index contributed by atoms with van der Waals surface area (Å²) in [6.07, 6.45) is 0. The summed E-state index contributed by atoms with van der Waals surface area (Å²) < 4.78 is 36.7. The van der Waals surface area contributed by atoms with Gasteiger partial charge in [0.1, 0.15) is 5.25 Å². The number of fused-ring (bicyclic) bond motifs is 1. The SMILES string of the molecule is N#C[C@]1(C(=O)O)[C@H](c2ccc3c(c2)OCO3)[C@@H]1S(=O)(=O)c1ccc(Cl)cc1. The molecule has 0 saturated heterocycles. The Morgan fingerprint density at radius 2 is 1.85 bits per heavy atom. The molecule has 2 aromatic rings. The Labute approximate surface area is 159 Å². The largest absolute Gasteiger partial charge is 0.480 e. The van der Waals surface area contributed by atoms with Crippen molar-refractivity contribution in [2.24, 2.45) is 5.41 Å². The lowest BCUT2D eigenvalue weighted by Gasteiger charge is -2.05. The summed E-state index contributed by atoms with van der Waals surface area (Å²) in [6.45, 7) is 0.0261. The Hall–Kier alpha value is -2.76. The van der Waals surface area contributed by atoms with Crippen LogP contribution >= 0.6 is 11.6 Å². The smallest absolute Gasteiger partial charge is 0.326 e. The maximum absolute atomic E-state index is 13.1. The van der Waals surface area contributed by atoms with Crippen LogP contribution in [0.4, 0.5) is 0 Å². The normalized spacial score (nSPS) is 25.6. The van der Waals surface area contributed by atoms with Crippen molar-refractivity contribution in [3.8, 4) is 17.6 Å². The van der Waals surface area contributed by atoms with Crippen LogP contribution in [0.15, 0.2) is 47.4 Å². The highest BCUT2D eigenvalue weighted by Crippen LogP contribution is 2.64. The predicted molar refractivity (Wildman–Crippen MR) is 93.4 cm³/mol. The van der Waals surface area contributed by atoms with Gasteiger partial charge in [0, 0.05) is 10.9 Å². The van der Waals surface area contributed by atoms with E-state index in [0.29, 0.717) is 22.1 Å². The number of carbonyl (C=O) groups is 1. The zero-order valence-corrected chi connectivity index (χ0v) is 15.2. The molecule has 0 amide bonds. The molecule has 0 aromatic heterocycles. The second-order valence-electron chi connectivity index (χ2n) is 6.30. The van der Waals surface area contributed by atoms with Crippen LogP contribution in [0.3, 0.4) is 0 Å². The van der Waals surface area contributed by atoms with Crippen molar-refractivity contribution in [1.82, 2.24) is 0 Å². The molecule has 27 heavy (non-hydrogen) atoms. The van der Waals surface area contributed by atoms with Crippen LogP contribution in [0.5, 0.6) is 11.5 Å². The Kier molecular flexibility index (Phi) is 3.84. The highest BCUT2D eigenvalue weighted by Gasteiger charge is 2.77. The van der Waals surface area contributed by atoms with Crippen molar-refractivity contribution >= 4 is 27.4 Å². The molecule has 1 aliphatic carbocycles. The number of benzene rings is 2. The molecule has 0 bridgehead atoms. The predicted octanol–water partition coefficient (Wildman–Crippen LogP) is 2.60. The van der Waals surface area contributed by atoms with Gasteiger partial charge in [0.05, 0.1) is 11.0 Å². The fourth-order valence-corrected chi connectivity index (χ4v) is 5.91. The molecule has 7 nitrogen and oxygen atoms in total. The Balaban J connectivity index is 1.82. The fraction of sp³-hybridized carbons (Fsp3) is 0.222. The van der Waals surface area contributed by atoms with Crippen LogP contribution in [-0.2, 0) is 14.6 Å². The molecule has 2 aliphatic rings. The standard InChI is InChI=1S/C18H12ClNO6S/c19-11-2-4-12(5-3-11)27(23,24)16-15(18(16,8-20)17(21)22)10-1-6-13-14(7-10)26-9-25-13/h1-7,15-16H,9H2,(H,21,22)/t15-,16+,18+/m1/s1. The van der Waals surface area contributed by atoms with Crippen molar-refractivity contribution in [2.45, 2.75) is 16.1 Å². The number of hydrogen-bond acceptors (Lipinski definition) is 6. The molecule has 1 heterocycles. The maximum Gasteiger partial charge on any atom is 0.326 e. The molecular weight excluding hydrogens is 394 g/mol. The molecule has 3 atom stereocenters. The lowest BCUT2D eigenvalue weighted by Crippen LogP contribution is -2.22. The van der Waals surface area contributed by atoms with E-state index in [2.05, 4.69) is 0 Å². The van der Waals surface area contributed by atoms with Crippen molar-refractivity contribution < 1.29 is 27.8 Å². The molecule has 0 spiro atoms. The van der Waals surface area contributed by atoms with E-state index >= 15 is 0 Å². The topological polar surface area (TPSA) is 114 Å². The molecule has 2 aromatic carbocycles. The van der Waals surface area contributed by atoms with Gasteiger partial charge >= 0.3 is 5.97 Å². The summed E-state index contributed by atoms with van der Waals surface area (Å²) in [7, 11) is -4.09. The summed E-state index contributed by atoms with van der Waals surface area (Å²) >= 11 is 5.80. The number of nitriles is 1. The van der Waals surface area contributed by atoms with Gasteiger partial charge in [-0.25, -0.2) is 8.42 Å². The van der Waals surface area contributed by atoms with Gasteiger partial charge < -0.3 is 14.6 Å². The van der Waals surface area contributed by atoms with Gasteiger partial charge in [-0.05, 0) is 42.0 Å². The fourth-order valence-electron chi connectivity index (χ4n) is 3.53. The van der Waals surface area contributed by atoms with Gasteiger partial charge in [0.2, 0.25) is 6.79 Å². The minimum atomic E-state index is -4.09. The van der Waals surface area contributed by atoms with E-state index in [9.17, 15) is 23.6 Å². The summed E-state index contributed by atoms with van der Waals surface area (Å²) in [5.41, 5.74) is -1.68. The van der Waals surface area contributed by atoms with E-state index in [-0.39, 0.29) is 11.7 Å². The van der Waals surface area contributed by atoms with E-state index in [1.54, 1.807) is 18.2 Å². The van der Waals surface area contributed by atoms with Crippen LogP contribution in [0, 0.1) is 16.7 Å². The van der Waals surface area contributed by atoms with Crippen LogP contribution in [0.25, 0.3) is 0 Å². The third-order valence-corrected chi connectivity index (χ3v) is 7.40. The minimum Gasteiger partial charge on any atom is -0.480 e. The highest BCUT2D eigenvalue weighted by atomic mass is 35.5. The van der Waals surface area contributed by atoms with Crippen LogP contribution < -0.4 is 9.47 Å². The quantitative estimate of drug-likeness (QED) is 0.831. The Bertz CT molecular complexity index is 1090. The summed E-state index contributed by atoms with van der Waals surface area (Å²) in [5, 5.41) is 18.2. The zero-order chi connectivity index (χ0) is 19.4. The Morgan fingerprint density at radius 1 is 1.19 bits per heavy atom. The summed E-state index contributed by atoms with van der Waals surface area (Å²) in [6, 6.07) is 11.8. The van der Waals surface area contributed by atoms with E-state index in [1.807, 2.05) is 0 Å². The van der Waals surface area contributed by atoms with Gasteiger partial charge in [0.15, 0.2) is 26.8 Å². The van der Waals surface area contributed by atoms with Gasteiger partial charge in [-0.2, -0.15) is 5.26 Å². The summed E-state index contributed by atoms with van der Waals surface area (Å²) in [5.74, 6) is -1.64. The van der Waals surface area contributed by atoms with Gasteiger partial charge in [0.25, 0.3) is 0 Å². The third kappa shape index (κ3) is 2.46. The van der Waals surface area contributed by atoms with Gasteiger partial charge in [-0.3, -0.25) is 4.79 Å². The molecule has 0 radical (unpaired) electrons. The molecule has 1 N–H and O–H groups in total. The Morgan fingerprint density at radius 3 is 2.48 bits per heavy atom. The lowest BCUT2D eigenvalue weighted by molar-refractivity contribution is -0.141. The molecule has 138 valence electrons. The molecular formula is C18H12ClNO6S.